The second kappa shape index (κ2) is 6.13. The predicted molar refractivity (Wildman–Crippen MR) is 82.2 cm³/mol. The van der Waals surface area contributed by atoms with Gasteiger partial charge in [0.05, 0.1) is 13.7 Å². The minimum atomic E-state index is -1.23. The molecule has 0 saturated heterocycles. The van der Waals surface area contributed by atoms with E-state index in [0.717, 1.165) is 10.0 Å². The van der Waals surface area contributed by atoms with E-state index >= 15 is 0 Å². The first-order valence-electron chi connectivity index (χ1n) is 6.19. The van der Waals surface area contributed by atoms with Crippen LogP contribution in [0.1, 0.15) is 21.6 Å². The highest BCUT2D eigenvalue weighted by Gasteiger charge is 2.12. The number of pyridine rings is 1. The third-order valence-corrected chi connectivity index (χ3v) is 3.65. The minimum absolute atomic E-state index is 0.241. The molecule has 6 heteroatoms. The quantitative estimate of drug-likeness (QED) is 0.919. The summed E-state index contributed by atoms with van der Waals surface area (Å²) in [6, 6.07) is 6.92. The standard InChI is InChI=1S/C15H14BrNO4/c1-9-5-13(18)12(15(19)20)8-17(9)7-10-6-11(16)3-4-14(10)21-2/h3-6,8H,7H2,1-2H3,(H,19,20). The molecular weight excluding hydrogens is 338 g/mol. The van der Waals surface area contributed by atoms with Gasteiger partial charge in [-0.3, -0.25) is 4.79 Å². The molecule has 1 aromatic heterocycles. The second-order valence-electron chi connectivity index (χ2n) is 4.58. The van der Waals surface area contributed by atoms with Gasteiger partial charge in [0.2, 0.25) is 0 Å². The molecule has 0 aliphatic carbocycles. The van der Waals surface area contributed by atoms with Gasteiger partial charge in [0.15, 0.2) is 5.43 Å². The Labute approximate surface area is 129 Å². The number of carbonyl (C=O) groups is 1. The zero-order valence-electron chi connectivity index (χ0n) is 11.6. The molecule has 0 bridgehead atoms. The van der Waals surface area contributed by atoms with Crippen molar-refractivity contribution in [2.75, 3.05) is 7.11 Å². The van der Waals surface area contributed by atoms with Gasteiger partial charge >= 0.3 is 5.97 Å². The molecule has 110 valence electrons. The fourth-order valence-corrected chi connectivity index (χ4v) is 2.47. The lowest BCUT2D eigenvalue weighted by Crippen LogP contribution is -2.19. The fraction of sp³-hybridized carbons (Fsp3) is 0.200. The van der Waals surface area contributed by atoms with Crippen LogP contribution in [0.4, 0.5) is 0 Å². The Balaban J connectivity index is 2.49. The molecule has 0 radical (unpaired) electrons. The summed E-state index contributed by atoms with van der Waals surface area (Å²) < 4.78 is 7.92. The number of rotatable bonds is 4. The van der Waals surface area contributed by atoms with E-state index in [1.54, 1.807) is 18.6 Å². The lowest BCUT2D eigenvalue weighted by molar-refractivity contribution is 0.0694. The van der Waals surface area contributed by atoms with Crippen LogP contribution in [0.15, 0.2) is 39.7 Å². The van der Waals surface area contributed by atoms with Crippen molar-refractivity contribution in [2.24, 2.45) is 0 Å². The molecule has 0 unspecified atom stereocenters. The second-order valence-corrected chi connectivity index (χ2v) is 5.50. The van der Waals surface area contributed by atoms with Gasteiger partial charge in [-0.1, -0.05) is 15.9 Å². The topological polar surface area (TPSA) is 68.5 Å². The number of carboxylic acid groups (broad SMARTS) is 1. The highest BCUT2D eigenvalue weighted by atomic mass is 79.9. The summed E-state index contributed by atoms with van der Waals surface area (Å²) in [6.07, 6.45) is 1.36. The lowest BCUT2D eigenvalue weighted by atomic mass is 10.1. The maximum absolute atomic E-state index is 11.6. The maximum atomic E-state index is 11.6. The molecule has 0 spiro atoms. The van der Waals surface area contributed by atoms with E-state index in [1.165, 1.54) is 12.3 Å². The van der Waals surface area contributed by atoms with Gasteiger partial charge in [-0.05, 0) is 25.1 Å². The predicted octanol–water partition coefficient (Wildman–Crippen LogP) is 2.67. The summed E-state index contributed by atoms with van der Waals surface area (Å²) >= 11 is 3.40. The Kier molecular flexibility index (Phi) is 4.47. The number of aromatic carboxylic acids is 1. The smallest absolute Gasteiger partial charge is 0.341 e. The fourth-order valence-electron chi connectivity index (χ4n) is 2.06. The van der Waals surface area contributed by atoms with Gasteiger partial charge in [0.25, 0.3) is 0 Å². The van der Waals surface area contributed by atoms with E-state index in [9.17, 15) is 9.59 Å². The van der Waals surface area contributed by atoms with Crippen LogP contribution in [-0.4, -0.2) is 22.8 Å². The molecule has 0 fully saturated rings. The summed E-state index contributed by atoms with van der Waals surface area (Å²) in [5.74, 6) is -0.525. The monoisotopic (exact) mass is 351 g/mol. The van der Waals surface area contributed by atoms with E-state index in [2.05, 4.69) is 15.9 Å². The Bertz CT molecular complexity index is 752. The average molecular weight is 352 g/mol. The van der Waals surface area contributed by atoms with Crippen LogP contribution in [0.2, 0.25) is 0 Å². The SMILES string of the molecule is COc1ccc(Br)cc1Cn1cc(C(=O)O)c(=O)cc1C. The van der Waals surface area contributed by atoms with Crippen LogP contribution < -0.4 is 10.2 Å². The van der Waals surface area contributed by atoms with Gasteiger partial charge in [-0.2, -0.15) is 0 Å². The van der Waals surface area contributed by atoms with Gasteiger partial charge in [-0.15, -0.1) is 0 Å². The van der Waals surface area contributed by atoms with Crippen molar-refractivity contribution in [1.29, 1.82) is 0 Å². The third-order valence-electron chi connectivity index (χ3n) is 3.16. The number of halogens is 1. The number of carboxylic acids is 1. The first-order chi connectivity index (χ1) is 9.92. The largest absolute Gasteiger partial charge is 0.496 e. The molecule has 0 aliphatic heterocycles. The van der Waals surface area contributed by atoms with Crippen molar-refractivity contribution in [3.8, 4) is 5.75 Å². The van der Waals surface area contributed by atoms with E-state index in [4.69, 9.17) is 9.84 Å². The van der Waals surface area contributed by atoms with Gasteiger partial charge in [-0.25, -0.2) is 4.79 Å². The Hall–Kier alpha value is -2.08. The maximum Gasteiger partial charge on any atom is 0.341 e. The summed E-state index contributed by atoms with van der Waals surface area (Å²) in [5, 5.41) is 9.05. The average Bonchev–Trinajstić information content (AvgIpc) is 2.41. The van der Waals surface area contributed by atoms with Crippen molar-refractivity contribution in [3.05, 3.63) is 62.0 Å². The number of aryl methyl sites for hydroxylation is 1. The van der Waals surface area contributed by atoms with Gasteiger partial charge in [0.1, 0.15) is 11.3 Å². The zero-order valence-corrected chi connectivity index (χ0v) is 13.2. The molecule has 2 rings (SSSR count). The summed E-state index contributed by atoms with van der Waals surface area (Å²) in [7, 11) is 1.58. The van der Waals surface area contributed by atoms with Crippen LogP contribution in [0.25, 0.3) is 0 Å². The molecule has 0 amide bonds. The highest BCUT2D eigenvalue weighted by molar-refractivity contribution is 9.10. The molecular formula is C15H14BrNO4. The normalized spacial score (nSPS) is 10.4. The zero-order chi connectivity index (χ0) is 15.6. The number of nitrogens with zero attached hydrogens (tertiary/aromatic N) is 1. The molecule has 1 aromatic carbocycles. The summed E-state index contributed by atoms with van der Waals surface area (Å²) in [4.78, 5) is 22.7. The minimum Gasteiger partial charge on any atom is -0.496 e. The van der Waals surface area contributed by atoms with Crippen molar-refractivity contribution in [1.82, 2.24) is 4.57 Å². The summed E-state index contributed by atoms with van der Waals surface area (Å²) in [5.41, 5.74) is 0.842. The van der Waals surface area contributed by atoms with Crippen LogP contribution in [0, 0.1) is 6.92 Å². The van der Waals surface area contributed by atoms with Crippen molar-refractivity contribution < 1.29 is 14.6 Å². The molecule has 0 saturated carbocycles. The van der Waals surface area contributed by atoms with Gasteiger partial charge < -0.3 is 14.4 Å². The number of ether oxygens (including phenoxy) is 1. The molecule has 5 nitrogen and oxygen atoms in total. The van der Waals surface area contributed by atoms with Crippen LogP contribution in [-0.2, 0) is 6.54 Å². The first-order valence-corrected chi connectivity index (χ1v) is 6.98. The summed E-state index contributed by atoms with van der Waals surface area (Å²) in [6.45, 7) is 2.17. The highest BCUT2D eigenvalue weighted by Crippen LogP contribution is 2.24. The Morgan fingerprint density at radius 3 is 2.71 bits per heavy atom. The number of methoxy groups -OCH3 is 1. The lowest BCUT2D eigenvalue weighted by Gasteiger charge is -2.14. The Morgan fingerprint density at radius 2 is 2.10 bits per heavy atom. The van der Waals surface area contributed by atoms with Crippen LogP contribution >= 0.6 is 15.9 Å². The molecule has 0 aliphatic rings. The van der Waals surface area contributed by atoms with Crippen molar-refractivity contribution in [3.63, 3.8) is 0 Å². The number of hydrogen-bond acceptors (Lipinski definition) is 3. The van der Waals surface area contributed by atoms with Crippen molar-refractivity contribution >= 4 is 21.9 Å². The number of hydrogen-bond donors (Lipinski definition) is 1. The number of benzene rings is 1. The molecule has 1 heterocycles. The van der Waals surface area contributed by atoms with Gasteiger partial charge in [0, 0.05) is 28.0 Å². The molecule has 1 N–H and O–H groups in total. The molecule has 21 heavy (non-hydrogen) atoms. The molecule has 0 atom stereocenters. The van der Waals surface area contributed by atoms with Crippen molar-refractivity contribution in [2.45, 2.75) is 13.5 Å². The first kappa shape index (κ1) is 15.3. The van der Waals surface area contributed by atoms with E-state index < -0.39 is 11.4 Å². The Morgan fingerprint density at radius 1 is 1.38 bits per heavy atom. The van der Waals surface area contributed by atoms with Crippen LogP contribution in [0.5, 0.6) is 5.75 Å². The molecule has 2 aromatic rings. The van der Waals surface area contributed by atoms with E-state index in [0.29, 0.717) is 18.0 Å². The third kappa shape index (κ3) is 3.33. The van der Waals surface area contributed by atoms with E-state index in [-0.39, 0.29) is 5.56 Å². The number of aromatic nitrogens is 1. The van der Waals surface area contributed by atoms with E-state index in [1.807, 2.05) is 18.2 Å². The van der Waals surface area contributed by atoms with Crippen LogP contribution in [0.3, 0.4) is 0 Å².